The maximum absolute atomic E-state index is 9.26. The molecule has 0 radical (unpaired) electrons. The third kappa shape index (κ3) is 3.40. The number of anilines is 1. The first-order valence-electron chi connectivity index (χ1n) is 6.60. The number of aromatic nitrogens is 2. The number of aliphatic hydroxyl groups is 1. The minimum atomic E-state index is -0.0909. The summed E-state index contributed by atoms with van der Waals surface area (Å²) >= 11 is 0. The minimum Gasteiger partial charge on any atom is -0.393 e. The molecule has 18 heavy (non-hydrogen) atoms. The van der Waals surface area contributed by atoms with Gasteiger partial charge in [0.1, 0.15) is 0 Å². The summed E-state index contributed by atoms with van der Waals surface area (Å²) in [6, 6.07) is 0. The zero-order valence-electron chi connectivity index (χ0n) is 11.1. The van der Waals surface area contributed by atoms with Crippen LogP contribution < -0.4 is 10.2 Å². The summed E-state index contributed by atoms with van der Waals surface area (Å²) < 4.78 is 0. The largest absolute Gasteiger partial charge is 0.393 e. The predicted molar refractivity (Wildman–Crippen MR) is 71.4 cm³/mol. The monoisotopic (exact) mass is 250 g/mol. The van der Waals surface area contributed by atoms with Crippen molar-refractivity contribution in [2.45, 2.75) is 32.4 Å². The first-order valence-corrected chi connectivity index (χ1v) is 6.60. The van der Waals surface area contributed by atoms with E-state index in [2.05, 4.69) is 27.1 Å². The van der Waals surface area contributed by atoms with Crippen LogP contribution in [0.5, 0.6) is 0 Å². The Morgan fingerprint density at radius 2 is 2.06 bits per heavy atom. The van der Waals surface area contributed by atoms with Crippen molar-refractivity contribution in [2.75, 3.05) is 25.0 Å². The molecule has 1 aromatic heterocycles. The number of hydrogen-bond acceptors (Lipinski definition) is 5. The van der Waals surface area contributed by atoms with Crippen LogP contribution in [0.15, 0.2) is 12.4 Å². The Kier molecular flexibility index (Phi) is 4.49. The topological polar surface area (TPSA) is 61.3 Å². The Labute approximate surface area is 108 Å². The highest BCUT2D eigenvalue weighted by Crippen LogP contribution is 2.28. The minimum absolute atomic E-state index is 0.0909. The molecule has 5 nitrogen and oxygen atoms in total. The smallest absolute Gasteiger partial charge is 0.225 e. The van der Waals surface area contributed by atoms with Crippen molar-refractivity contribution in [1.82, 2.24) is 15.3 Å². The van der Waals surface area contributed by atoms with Gasteiger partial charge in [0.05, 0.1) is 6.10 Å². The molecular formula is C13H22N4O. The Bertz CT molecular complexity index is 362. The fourth-order valence-corrected chi connectivity index (χ4v) is 2.22. The van der Waals surface area contributed by atoms with Gasteiger partial charge in [0, 0.05) is 38.1 Å². The van der Waals surface area contributed by atoms with Gasteiger partial charge in [-0.05, 0) is 25.3 Å². The fourth-order valence-electron chi connectivity index (χ4n) is 2.22. The molecule has 5 heteroatoms. The van der Waals surface area contributed by atoms with Crippen LogP contribution in [0, 0.1) is 5.92 Å². The van der Waals surface area contributed by atoms with E-state index in [-0.39, 0.29) is 6.10 Å². The van der Waals surface area contributed by atoms with Gasteiger partial charge in [-0.15, -0.1) is 0 Å². The van der Waals surface area contributed by atoms with E-state index in [1.165, 1.54) is 0 Å². The van der Waals surface area contributed by atoms with Gasteiger partial charge in [-0.2, -0.15) is 0 Å². The lowest BCUT2D eigenvalue weighted by Gasteiger charge is -2.34. The highest BCUT2D eigenvalue weighted by molar-refractivity contribution is 5.28. The molecule has 0 amide bonds. The number of aliphatic hydroxyl groups excluding tert-OH is 1. The van der Waals surface area contributed by atoms with Crippen molar-refractivity contribution in [3.05, 3.63) is 18.0 Å². The van der Waals surface area contributed by atoms with E-state index in [0.717, 1.165) is 44.0 Å². The van der Waals surface area contributed by atoms with Crippen molar-refractivity contribution in [3.8, 4) is 0 Å². The molecule has 1 fully saturated rings. The van der Waals surface area contributed by atoms with E-state index >= 15 is 0 Å². The van der Waals surface area contributed by atoms with E-state index in [1.807, 2.05) is 19.4 Å². The van der Waals surface area contributed by atoms with Crippen LogP contribution >= 0.6 is 0 Å². The second-order valence-corrected chi connectivity index (χ2v) is 5.04. The van der Waals surface area contributed by atoms with Crippen molar-refractivity contribution in [2.24, 2.45) is 5.92 Å². The molecular weight excluding hydrogens is 228 g/mol. The number of hydrogen-bond donors (Lipinski definition) is 2. The van der Waals surface area contributed by atoms with E-state index < -0.39 is 0 Å². The Morgan fingerprint density at radius 3 is 2.61 bits per heavy atom. The first-order chi connectivity index (χ1) is 8.69. The SMILES string of the molecule is CCNCc1cnc(N(C)CC2CC(O)C2)nc1. The third-order valence-corrected chi connectivity index (χ3v) is 3.36. The molecule has 1 aliphatic carbocycles. The molecule has 2 rings (SSSR count). The standard InChI is InChI=1S/C13H22N4O/c1-3-14-6-11-7-15-13(16-8-11)17(2)9-10-4-12(18)5-10/h7-8,10,12,14,18H,3-6,9H2,1-2H3. The molecule has 0 spiro atoms. The average molecular weight is 250 g/mol. The normalized spacial score (nSPS) is 22.6. The quantitative estimate of drug-likeness (QED) is 0.782. The summed E-state index contributed by atoms with van der Waals surface area (Å²) in [5.74, 6) is 1.34. The zero-order chi connectivity index (χ0) is 13.0. The van der Waals surface area contributed by atoms with E-state index in [1.54, 1.807) is 0 Å². The van der Waals surface area contributed by atoms with Crippen LogP contribution in [0.3, 0.4) is 0 Å². The van der Waals surface area contributed by atoms with Crippen molar-refractivity contribution >= 4 is 5.95 Å². The third-order valence-electron chi connectivity index (χ3n) is 3.36. The van der Waals surface area contributed by atoms with Gasteiger partial charge in [-0.1, -0.05) is 6.92 Å². The van der Waals surface area contributed by atoms with Gasteiger partial charge in [-0.3, -0.25) is 0 Å². The molecule has 0 aromatic carbocycles. The summed E-state index contributed by atoms with van der Waals surface area (Å²) in [5.41, 5.74) is 1.10. The molecule has 1 saturated carbocycles. The second-order valence-electron chi connectivity index (χ2n) is 5.04. The lowest BCUT2D eigenvalue weighted by atomic mass is 9.82. The van der Waals surface area contributed by atoms with Gasteiger partial charge >= 0.3 is 0 Å². The van der Waals surface area contributed by atoms with Crippen LogP contribution in [0.4, 0.5) is 5.95 Å². The maximum atomic E-state index is 9.26. The molecule has 0 aliphatic heterocycles. The summed E-state index contributed by atoms with van der Waals surface area (Å²) in [4.78, 5) is 10.8. The molecule has 0 saturated heterocycles. The van der Waals surface area contributed by atoms with Crippen LogP contribution in [0.25, 0.3) is 0 Å². The lowest BCUT2D eigenvalue weighted by molar-refractivity contribution is 0.0463. The number of rotatable bonds is 6. The average Bonchev–Trinajstić information content (AvgIpc) is 2.35. The molecule has 0 atom stereocenters. The van der Waals surface area contributed by atoms with E-state index in [0.29, 0.717) is 5.92 Å². The second kappa shape index (κ2) is 6.11. The van der Waals surface area contributed by atoms with Crippen LogP contribution in [-0.4, -0.2) is 41.3 Å². The van der Waals surface area contributed by atoms with Gasteiger partial charge in [-0.25, -0.2) is 9.97 Å². The summed E-state index contributed by atoms with van der Waals surface area (Å²) in [5, 5.41) is 12.5. The van der Waals surface area contributed by atoms with Gasteiger partial charge < -0.3 is 15.3 Å². The van der Waals surface area contributed by atoms with Gasteiger partial charge in [0.15, 0.2) is 0 Å². The van der Waals surface area contributed by atoms with Crippen LogP contribution in [0.1, 0.15) is 25.3 Å². The fraction of sp³-hybridized carbons (Fsp3) is 0.692. The zero-order valence-corrected chi connectivity index (χ0v) is 11.1. The molecule has 1 aromatic rings. The summed E-state index contributed by atoms with van der Waals surface area (Å²) in [7, 11) is 2.00. The first kappa shape index (κ1) is 13.2. The van der Waals surface area contributed by atoms with Crippen LogP contribution in [0.2, 0.25) is 0 Å². The Hall–Kier alpha value is -1.20. The molecule has 1 aliphatic rings. The van der Waals surface area contributed by atoms with E-state index in [4.69, 9.17) is 0 Å². The number of nitrogens with zero attached hydrogens (tertiary/aromatic N) is 3. The lowest BCUT2D eigenvalue weighted by Crippen LogP contribution is -2.37. The van der Waals surface area contributed by atoms with Crippen molar-refractivity contribution in [3.63, 3.8) is 0 Å². The molecule has 100 valence electrons. The number of nitrogens with one attached hydrogen (secondary N) is 1. The predicted octanol–water partition coefficient (Wildman–Crippen LogP) is 0.793. The van der Waals surface area contributed by atoms with Gasteiger partial charge in [0.25, 0.3) is 0 Å². The van der Waals surface area contributed by atoms with Crippen molar-refractivity contribution in [1.29, 1.82) is 0 Å². The molecule has 1 heterocycles. The summed E-state index contributed by atoms with van der Waals surface area (Å²) in [6.07, 6.45) is 5.46. The highest BCUT2D eigenvalue weighted by atomic mass is 16.3. The highest BCUT2D eigenvalue weighted by Gasteiger charge is 2.28. The van der Waals surface area contributed by atoms with Crippen molar-refractivity contribution < 1.29 is 5.11 Å². The Morgan fingerprint density at radius 1 is 1.39 bits per heavy atom. The molecule has 0 bridgehead atoms. The molecule has 0 unspecified atom stereocenters. The Balaban J connectivity index is 1.84. The molecule has 2 N–H and O–H groups in total. The summed E-state index contributed by atoms with van der Waals surface area (Å²) in [6.45, 7) is 4.76. The van der Waals surface area contributed by atoms with Gasteiger partial charge in [0.2, 0.25) is 5.95 Å². The van der Waals surface area contributed by atoms with E-state index in [9.17, 15) is 5.11 Å². The van der Waals surface area contributed by atoms with Crippen LogP contribution in [-0.2, 0) is 6.54 Å². The maximum Gasteiger partial charge on any atom is 0.225 e.